The van der Waals surface area contributed by atoms with Crippen molar-refractivity contribution in [2.24, 2.45) is 0 Å². The number of nitrogens with one attached hydrogen (secondary N) is 1. The monoisotopic (exact) mass is 297 g/mol. The van der Waals surface area contributed by atoms with Gasteiger partial charge in [0.05, 0.1) is 11.5 Å². The molecular formula is C13H19N3O3S. The van der Waals surface area contributed by atoms with Crippen LogP contribution in [0.15, 0.2) is 24.3 Å². The predicted molar refractivity (Wildman–Crippen MR) is 79.2 cm³/mol. The van der Waals surface area contributed by atoms with Crippen molar-refractivity contribution in [3.63, 3.8) is 0 Å². The second kappa shape index (κ2) is 6.23. The van der Waals surface area contributed by atoms with E-state index in [1.165, 1.54) is 0 Å². The van der Waals surface area contributed by atoms with Crippen molar-refractivity contribution < 1.29 is 13.2 Å². The number of carbonyl (C=O) groups excluding carboxylic acids is 1. The SMILES string of the molecule is Nc1cccc(NC(=O)CCN2CCS(=O)(=O)CC2)c1. The molecule has 1 fully saturated rings. The van der Waals surface area contributed by atoms with E-state index in [0.29, 0.717) is 37.4 Å². The number of benzene rings is 1. The number of carbonyl (C=O) groups is 1. The third-order valence-electron chi connectivity index (χ3n) is 3.26. The lowest BCUT2D eigenvalue weighted by Crippen LogP contribution is -2.41. The Balaban J connectivity index is 1.76. The summed E-state index contributed by atoms with van der Waals surface area (Å²) < 4.78 is 22.6. The molecule has 0 atom stereocenters. The zero-order valence-electron chi connectivity index (χ0n) is 11.2. The summed E-state index contributed by atoms with van der Waals surface area (Å²) in [5.74, 6) is 0.275. The maximum atomic E-state index is 11.8. The fourth-order valence-corrected chi connectivity index (χ4v) is 3.35. The molecule has 1 aliphatic rings. The number of nitrogens with two attached hydrogens (primary N) is 1. The second-order valence-corrected chi connectivity index (χ2v) is 7.22. The smallest absolute Gasteiger partial charge is 0.225 e. The zero-order chi connectivity index (χ0) is 14.6. The van der Waals surface area contributed by atoms with Gasteiger partial charge in [-0.3, -0.25) is 4.79 Å². The summed E-state index contributed by atoms with van der Waals surface area (Å²) >= 11 is 0. The highest BCUT2D eigenvalue weighted by Gasteiger charge is 2.21. The van der Waals surface area contributed by atoms with E-state index in [1.54, 1.807) is 24.3 Å². The van der Waals surface area contributed by atoms with Crippen molar-refractivity contribution in [2.75, 3.05) is 42.2 Å². The third kappa shape index (κ3) is 4.50. The molecule has 1 amide bonds. The lowest BCUT2D eigenvalue weighted by molar-refractivity contribution is -0.116. The first-order valence-corrected chi connectivity index (χ1v) is 8.35. The van der Waals surface area contributed by atoms with Gasteiger partial charge in [-0.25, -0.2) is 8.42 Å². The van der Waals surface area contributed by atoms with Crippen LogP contribution in [0, 0.1) is 0 Å². The van der Waals surface area contributed by atoms with Crippen LogP contribution in [0.5, 0.6) is 0 Å². The number of rotatable bonds is 4. The summed E-state index contributed by atoms with van der Waals surface area (Å²) in [5.41, 5.74) is 6.91. The molecule has 1 aromatic carbocycles. The summed E-state index contributed by atoms with van der Waals surface area (Å²) in [6, 6.07) is 7.01. The minimum absolute atomic E-state index is 0.0935. The second-order valence-electron chi connectivity index (χ2n) is 4.92. The average Bonchev–Trinajstić information content (AvgIpc) is 2.37. The van der Waals surface area contributed by atoms with Crippen molar-refractivity contribution in [3.05, 3.63) is 24.3 Å². The van der Waals surface area contributed by atoms with Crippen molar-refractivity contribution in [2.45, 2.75) is 6.42 Å². The molecule has 0 aromatic heterocycles. The van der Waals surface area contributed by atoms with E-state index >= 15 is 0 Å². The van der Waals surface area contributed by atoms with E-state index in [-0.39, 0.29) is 17.4 Å². The number of hydrogen-bond acceptors (Lipinski definition) is 5. The van der Waals surface area contributed by atoms with Gasteiger partial charge < -0.3 is 16.0 Å². The highest BCUT2D eigenvalue weighted by atomic mass is 32.2. The maximum Gasteiger partial charge on any atom is 0.225 e. The summed E-state index contributed by atoms with van der Waals surface area (Å²) in [4.78, 5) is 13.8. The van der Waals surface area contributed by atoms with Crippen molar-refractivity contribution in [1.29, 1.82) is 0 Å². The molecule has 7 heteroatoms. The number of hydrogen-bond donors (Lipinski definition) is 2. The molecule has 1 aliphatic heterocycles. The lowest BCUT2D eigenvalue weighted by Gasteiger charge is -2.26. The van der Waals surface area contributed by atoms with Crippen LogP contribution in [-0.2, 0) is 14.6 Å². The first kappa shape index (κ1) is 14.8. The Morgan fingerprint density at radius 2 is 2.00 bits per heavy atom. The van der Waals surface area contributed by atoms with Crippen molar-refractivity contribution >= 4 is 27.1 Å². The molecule has 3 N–H and O–H groups in total. The molecule has 1 aromatic rings. The van der Waals surface area contributed by atoms with Crippen LogP contribution >= 0.6 is 0 Å². The van der Waals surface area contributed by atoms with Crippen molar-refractivity contribution in [3.8, 4) is 0 Å². The third-order valence-corrected chi connectivity index (χ3v) is 4.87. The fourth-order valence-electron chi connectivity index (χ4n) is 2.07. The molecule has 20 heavy (non-hydrogen) atoms. The van der Waals surface area contributed by atoms with E-state index in [2.05, 4.69) is 5.32 Å². The first-order chi connectivity index (χ1) is 9.44. The Hall–Kier alpha value is -1.60. The minimum Gasteiger partial charge on any atom is -0.399 e. The average molecular weight is 297 g/mol. The Kier molecular flexibility index (Phi) is 4.61. The molecule has 0 unspecified atom stereocenters. The highest BCUT2D eigenvalue weighted by Crippen LogP contribution is 2.12. The van der Waals surface area contributed by atoms with Crippen LogP contribution in [-0.4, -0.2) is 50.4 Å². The molecular weight excluding hydrogens is 278 g/mol. The molecule has 0 radical (unpaired) electrons. The van der Waals surface area contributed by atoms with E-state index in [9.17, 15) is 13.2 Å². The molecule has 0 saturated carbocycles. The van der Waals surface area contributed by atoms with Crippen LogP contribution in [0.2, 0.25) is 0 Å². The Labute approximate surface area is 118 Å². The quantitative estimate of drug-likeness (QED) is 0.781. The normalized spacial score (nSPS) is 18.6. The van der Waals surface area contributed by atoms with Crippen LogP contribution < -0.4 is 11.1 Å². The van der Waals surface area contributed by atoms with Crippen LogP contribution in [0.3, 0.4) is 0 Å². The maximum absolute atomic E-state index is 11.8. The van der Waals surface area contributed by atoms with Crippen LogP contribution in [0.1, 0.15) is 6.42 Å². The largest absolute Gasteiger partial charge is 0.399 e. The first-order valence-electron chi connectivity index (χ1n) is 6.53. The molecule has 1 saturated heterocycles. The minimum atomic E-state index is -2.86. The van der Waals surface area contributed by atoms with Crippen LogP contribution in [0.4, 0.5) is 11.4 Å². The van der Waals surface area contributed by atoms with Gasteiger partial charge in [0.2, 0.25) is 5.91 Å². The van der Waals surface area contributed by atoms with Crippen molar-refractivity contribution in [1.82, 2.24) is 4.90 Å². The molecule has 1 heterocycles. The standard InChI is InChI=1S/C13H19N3O3S/c14-11-2-1-3-12(10-11)15-13(17)4-5-16-6-8-20(18,19)9-7-16/h1-3,10H,4-9,14H2,(H,15,17). The summed E-state index contributed by atoms with van der Waals surface area (Å²) in [6.45, 7) is 1.59. The van der Waals surface area contributed by atoms with Gasteiger partial charge in [-0.15, -0.1) is 0 Å². The number of nitrogens with zero attached hydrogens (tertiary/aromatic N) is 1. The fraction of sp³-hybridized carbons (Fsp3) is 0.462. The number of sulfone groups is 1. The summed E-state index contributed by atoms with van der Waals surface area (Å²) in [6.07, 6.45) is 0.342. The van der Waals surface area contributed by atoms with E-state index < -0.39 is 9.84 Å². The molecule has 0 spiro atoms. The van der Waals surface area contributed by atoms with Gasteiger partial charge >= 0.3 is 0 Å². The molecule has 0 aliphatic carbocycles. The van der Waals surface area contributed by atoms with Gasteiger partial charge in [-0.2, -0.15) is 0 Å². The zero-order valence-corrected chi connectivity index (χ0v) is 12.0. The predicted octanol–water partition coefficient (Wildman–Crippen LogP) is 0.328. The number of nitrogen functional groups attached to an aromatic ring is 1. The van der Waals surface area contributed by atoms with Gasteiger partial charge in [-0.1, -0.05) is 6.07 Å². The highest BCUT2D eigenvalue weighted by molar-refractivity contribution is 7.91. The van der Waals surface area contributed by atoms with E-state index in [4.69, 9.17) is 5.73 Å². The van der Waals surface area contributed by atoms with Gasteiger partial charge in [0.1, 0.15) is 0 Å². The number of amides is 1. The Morgan fingerprint density at radius 3 is 2.65 bits per heavy atom. The van der Waals surface area contributed by atoms with Gasteiger partial charge in [0, 0.05) is 37.4 Å². The molecule has 110 valence electrons. The summed E-state index contributed by atoms with van der Waals surface area (Å²) in [7, 11) is -2.86. The lowest BCUT2D eigenvalue weighted by atomic mass is 10.2. The van der Waals surface area contributed by atoms with E-state index in [1.807, 2.05) is 4.90 Å². The Bertz CT molecular complexity index is 572. The molecule has 0 bridgehead atoms. The molecule has 2 rings (SSSR count). The van der Waals surface area contributed by atoms with E-state index in [0.717, 1.165) is 0 Å². The van der Waals surface area contributed by atoms with Gasteiger partial charge in [0.15, 0.2) is 9.84 Å². The van der Waals surface area contributed by atoms with Gasteiger partial charge in [-0.05, 0) is 18.2 Å². The topological polar surface area (TPSA) is 92.5 Å². The number of anilines is 2. The van der Waals surface area contributed by atoms with Gasteiger partial charge in [0.25, 0.3) is 0 Å². The summed E-state index contributed by atoms with van der Waals surface area (Å²) in [5, 5.41) is 2.77. The molecule has 6 nitrogen and oxygen atoms in total. The van der Waals surface area contributed by atoms with Crippen LogP contribution in [0.25, 0.3) is 0 Å². The Morgan fingerprint density at radius 1 is 1.30 bits per heavy atom.